The molecule has 0 saturated carbocycles. The molecule has 0 aliphatic rings. The largest absolute Gasteiger partial charge is 0.489 e. The van der Waals surface area contributed by atoms with Crippen molar-refractivity contribution in [2.24, 2.45) is 0 Å². The number of carboxylic acid groups (broad SMARTS) is 1. The highest BCUT2D eigenvalue weighted by atomic mass is 79.9. The number of carbonyl (C=O) groups is 1. The number of rotatable bonds is 4. The summed E-state index contributed by atoms with van der Waals surface area (Å²) in [5.41, 5.74) is 1.17. The Labute approximate surface area is 124 Å². The second kappa shape index (κ2) is 6.05. The van der Waals surface area contributed by atoms with Gasteiger partial charge < -0.3 is 9.84 Å². The third kappa shape index (κ3) is 3.36. The molecular formula is C15H12BrFO3. The van der Waals surface area contributed by atoms with Crippen molar-refractivity contribution in [3.63, 3.8) is 0 Å². The maximum absolute atomic E-state index is 13.7. The van der Waals surface area contributed by atoms with Gasteiger partial charge >= 0.3 is 5.97 Å². The summed E-state index contributed by atoms with van der Waals surface area (Å²) in [7, 11) is 0. The fraction of sp³-hybridized carbons (Fsp3) is 0.133. The van der Waals surface area contributed by atoms with Gasteiger partial charge in [-0.25, -0.2) is 9.18 Å². The van der Waals surface area contributed by atoms with Crippen LogP contribution in [0.2, 0.25) is 0 Å². The van der Waals surface area contributed by atoms with Crippen molar-refractivity contribution >= 4 is 21.9 Å². The van der Waals surface area contributed by atoms with E-state index in [1.54, 1.807) is 6.07 Å². The van der Waals surface area contributed by atoms with Crippen molar-refractivity contribution in [2.75, 3.05) is 0 Å². The molecule has 0 aliphatic heterocycles. The van der Waals surface area contributed by atoms with E-state index in [0.717, 1.165) is 16.1 Å². The highest BCUT2D eigenvalue weighted by Crippen LogP contribution is 2.23. The Bertz CT molecular complexity index is 656. The molecule has 0 atom stereocenters. The van der Waals surface area contributed by atoms with Crippen LogP contribution in [0.1, 0.15) is 21.5 Å². The van der Waals surface area contributed by atoms with Gasteiger partial charge in [0.1, 0.15) is 18.2 Å². The lowest BCUT2D eigenvalue weighted by Crippen LogP contribution is -2.03. The van der Waals surface area contributed by atoms with Crippen LogP contribution in [0.3, 0.4) is 0 Å². The Morgan fingerprint density at radius 2 is 2.05 bits per heavy atom. The number of hydrogen-bond donors (Lipinski definition) is 1. The molecule has 104 valence electrons. The average Bonchev–Trinajstić information content (AvgIpc) is 2.38. The molecule has 2 rings (SSSR count). The second-order valence-corrected chi connectivity index (χ2v) is 5.23. The van der Waals surface area contributed by atoms with E-state index in [-0.39, 0.29) is 12.2 Å². The molecule has 2 aromatic rings. The smallest absolute Gasteiger partial charge is 0.335 e. The topological polar surface area (TPSA) is 46.5 Å². The van der Waals surface area contributed by atoms with Crippen molar-refractivity contribution in [1.82, 2.24) is 0 Å². The average molecular weight is 339 g/mol. The van der Waals surface area contributed by atoms with Crippen LogP contribution in [0.4, 0.5) is 4.39 Å². The van der Waals surface area contributed by atoms with E-state index in [4.69, 9.17) is 9.84 Å². The van der Waals surface area contributed by atoms with E-state index >= 15 is 0 Å². The summed E-state index contributed by atoms with van der Waals surface area (Å²) >= 11 is 3.35. The van der Waals surface area contributed by atoms with Crippen LogP contribution < -0.4 is 4.74 Å². The molecule has 0 saturated heterocycles. The van der Waals surface area contributed by atoms with Gasteiger partial charge in [0.15, 0.2) is 0 Å². The first-order valence-corrected chi connectivity index (χ1v) is 6.67. The maximum atomic E-state index is 13.7. The fourth-order valence-electron chi connectivity index (χ4n) is 1.73. The Hall–Kier alpha value is -1.88. The molecule has 0 amide bonds. The van der Waals surface area contributed by atoms with Gasteiger partial charge in [0.05, 0.1) is 5.56 Å². The van der Waals surface area contributed by atoms with Crippen molar-refractivity contribution in [3.05, 3.63) is 63.4 Å². The molecule has 0 heterocycles. The van der Waals surface area contributed by atoms with Crippen molar-refractivity contribution < 1.29 is 19.0 Å². The van der Waals surface area contributed by atoms with Crippen LogP contribution in [-0.4, -0.2) is 11.1 Å². The normalized spacial score (nSPS) is 10.3. The Balaban J connectivity index is 2.13. The molecule has 0 unspecified atom stereocenters. The van der Waals surface area contributed by atoms with Gasteiger partial charge in [0, 0.05) is 10.0 Å². The van der Waals surface area contributed by atoms with Crippen LogP contribution in [0.5, 0.6) is 5.75 Å². The zero-order chi connectivity index (χ0) is 14.7. The molecule has 20 heavy (non-hydrogen) atoms. The number of hydrogen-bond acceptors (Lipinski definition) is 2. The van der Waals surface area contributed by atoms with Gasteiger partial charge in [-0.15, -0.1) is 0 Å². The van der Waals surface area contributed by atoms with Crippen LogP contribution in [0.25, 0.3) is 0 Å². The Morgan fingerprint density at radius 3 is 2.65 bits per heavy atom. The van der Waals surface area contributed by atoms with Gasteiger partial charge in [-0.2, -0.15) is 0 Å². The summed E-state index contributed by atoms with van der Waals surface area (Å²) < 4.78 is 20.2. The van der Waals surface area contributed by atoms with Crippen LogP contribution in [0, 0.1) is 12.7 Å². The number of carboxylic acids is 1. The molecular weight excluding hydrogens is 327 g/mol. The number of ether oxygens (including phenoxy) is 1. The lowest BCUT2D eigenvalue weighted by molar-refractivity contribution is 0.0696. The van der Waals surface area contributed by atoms with E-state index in [9.17, 15) is 9.18 Å². The third-order valence-electron chi connectivity index (χ3n) is 2.82. The highest BCUT2D eigenvalue weighted by molar-refractivity contribution is 9.10. The molecule has 0 spiro atoms. The van der Waals surface area contributed by atoms with Crippen molar-refractivity contribution in [3.8, 4) is 5.75 Å². The molecule has 5 heteroatoms. The molecule has 1 N–H and O–H groups in total. The summed E-state index contributed by atoms with van der Waals surface area (Å²) in [5.74, 6) is -1.07. The molecule has 0 radical (unpaired) electrons. The van der Waals surface area contributed by atoms with Gasteiger partial charge in [-0.05, 0) is 42.8 Å². The molecule has 0 aliphatic carbocycles. The minimum Gasteiger partial charge on any atom is -0.489 e. The summed E-state index contributed by atoms with van der Waals surface area (Å²) in [5, 5.41) is 8.77. The van der Waals surface area contributed by atoms with Crippen LogP contribution in [0.15, 0.2) is 40.9 Å². The fourth-order valence-corrected chi connectivity index (χ4v) is 2.20. The van der Waals surface area contributed by atoms with Crippen molar-refractivity contribution in [1.29, 1.82) is 0 Å². The predicted octanol–water partition coefficient (Wildman–Crippen LogP) is 4.17. The number of halogens is 2. The van der Waals surface area contributed by atoms with E-state index < -0.39 is 11.8 Å². The maximum Gasteiger partial charge on any atom is 0.335 e. The zero-order valence-electron chi connectivity index (χ0n) is 10.7. The second-order valence-electron chi connectivity index (χ2n) is 4.31. The quantitative estimate of drug-likeness (QED) is 0.909. The summed E-state index contributed by atoms with van der Waals surface area (Å²) in [6.45, 7) is 1.94. The van der Waals surface area contributed by atoms with Crippen LogP contribution in [-0.2, 0) is 6.61 Å². The van der Waals surface area contributed by atoms with Gasteiger partial charge in [-0.3, -0.25) is 0 Å². The number of aromatic carboxylic acids is 1. The highest BCUT2D eigenvalue weighted by Gasteiger charge is 2.09. The van der Waals surface area contributed by atoms with E-state index in [2.05, 4.69) is 15.9 Å². The third-order valence-corrected chi connectivity index (χ3v) is 3.31. The first-order chi connectivity index (χ1) is 9.47. The first-order valence-electron chi connectivity index (χ1n) is 5.88. The van der Waals surface area contributed by atoms with Gasteiger partial charge in [0.2, 0.25) is 0 Å². The summed E-state index contributed by atoms with van der Waals surface area (Å²) in [6.07, 6.45) is 0. The van der Waals surface area contributed by atoms with E-state index in [0.29, 0.717) is 11.3 Å². The molecule has 0 aromatic heterocycles. The first kappa shape index (κ1) is 14.5. The summed E-state index contributed by atoms with van der Waals surface area (Å²) in [4.78, 5) is 10.7. The SMILES string of the molecule is Cc1cc(Br)ccc1OCc1ccc(C(=O)O)cc1F. The van der Waals surface area contributed by atoms with Gasteiger partial charge in [0.25, 0.3) is 0 Å². The minimum atomic E-state index is -1.15. The monoisotopic (exact) mass is 338 g/mol. The Kier molecular flexibility index (Phi) is 4.39. The number of aryl methyl sites for hydroxylation is 1. The van der Waals surface area contributed by atoms with Crippen LogP contribution >= 0.6 is 15.9 Å². The van der Waals surface area contributed by atoms with Gasteiger partial charge in [-0.1, -0.05) is 22.0 Å². The van der Waals surface area contributed by atoms with E-state index in [1.807, 2.05) is 19.1 Å². The zero-order valence-corrected chi connectivity index (χ0v) is 12.3. The predicted molar refractivity (Wildman–Crippen MR) is 76.6 cm³/mol. The summed E-state index contributed by atoms with van der Waals surface area (Å²) in [6, 6.07) is 9.31. The molecule has 0 fully saturated rings. The van der Waals surface area contributed by atoms with Crippen molar-refractivity contribution in [2.45, 2.75) is 13.5 Å². The minimum absolute atomic E-state index is 0.0498. The lowest BCUT2D eigenvalue weighted by Gasteiger charge is -2.10. The standard InChI is InChI=1S/C15H12BrFO3/c1-9-6-12(16)4-5-14(9)20-8-11-3-2-10(15(18)19)7-13(11)17/h2-7H,8H2,1H3,(H,18,19). The molecule has 0 bridgehead atoms. The Morgan fingerprint density at radius 1 is 1.30 bits per heavy atom. The molecule has 3 nitrogen and oxygen atoms in total. The van der Waals surface area contributed by atoms with E-state index in [1.165, 1.54) is 12.1 Å². The lowest BCUT2D eigenvalue weighted by atomic mass is 10.1. The number of benzene rings is 2. The molecule has 2 aromatic carbocycles.